The first-order valence-electron chi connectivity index (χ1n) is 11.7. The Balaban J connectivity index is 1.66. The number of aliphatic hydroxyl groups is 1. The zero-order chi connectivity index (χ0) is 23.0. The van der Waals surface area contributed by atoms with E-state index < -0.39 is 5.41 Å². The van der Waals surface area contributed by atoms with E-state index in [1.54, 1.807) is 11.8 Å². The summed E-state index contributed by atoms with van der Waals surface area (Å²) in [6.45, 7) is 2.49. The molecule has 2 aromatic rings. The summed E-state index contributed by atoms with van der Waals surface area (Å²) in [5, 5.41) is 10.5. The molecule has 1 saturated heterocycles. The summed E-state index contributed by atoms with van der Waals surface area (Å²) < 4.78 is 0.979. The van der Waals surface area contributed by atoms with Crippen molar-refractivity contribution in [1.82, 2.24) is 4.90 Å². The number of quaternary nitrogens is 1. The minimum Gasteiger partial charge on any atom is -0.395 e. The highest BCUT2D eigenvalue weighted by atomic mass is 32.2. The monoisotopic (exact) mass is 455 g/mol. The van der Waals surface area contributed by atoms with E-state index in [9.17, 15) is 9.90 Å². The van der Waals surface area contributed by atoms with Gasteiger partial charge in [0.25, 0.3) is 0 Å². The number of likely N-dealkylation sites (N-methyl/N-ethyl adjacent to an activating group) is 1. The third kappa shape index (κ3) is 5.75. The molecule has 0 radical (unpaired) electrons. The zero-order valence-corrected chi connectivity index (χ0v) is 20.7. The van der Waals surface area contributed by atoms with Crippen LogP contribution in [-0.4, -0.2) is 78.8 Å². The van der Waals surface area contributed by atoms with Gasteiger partial charge in [-0.15, -0.1) is 0 Å². The van der Waals surface area contributed by atoms with Crippen LogP contribution in [0.3, 0.4) is 0 Å². The average Bonchev–Trinajstić information content (AvgIpc) is 2.85. The van der Waals surface area contributed by atoms with E-state index in [-0.39, 0.29) is 12.5 Å². The summed E-state index contributed by atoms with van der Waals surface area (Å²) in [5.41, 5.74) is 1.48. The van der Waals surface area contributed by atoms with Crippen molar-refractivity contribution in [2.75, 3.05) is 52.3 Å². The van der Waals surface area contributed by atoms with E-state index >= 15 is 0 Å². The van der Waals surface area contributed by atoms with E-state index in [4.69, 9.17) is 0 Å². The molecule has 3 rings (SSSR count). The number of aliphatic hydroxyl groups excluding tert-OH is 1. The molecule has 32 heavy (non-hydrogen) atoms. The number of thioether (sulfide) groups is 1. The molecule has 0 spiro atoms. The third-order valence-electron chi connectivity index (χ3n) is 7.30. The molecule has 4 nitrogen and oxygen atoms in total. The van der Waals surface area contributed by atoms with Crippen LogP contribution in [0.1, 0.15) is 30.4 Å². The SMILES string of the molecule is CSCCC(CO)(C(=O)N1CCC([N+](C)(C)CCc2ccccc2)CC1)c1ccccc1. The minimum absolute atomic E-state index is 0.0910. The van der Waals surface area contributed by atoms with Gasteiger partial charge in [-0.2, -0.15) is 11.8 Å². The lowest BCUT2D eigenvalue weighted by atomic mass is 9.77. The number of piperidine rings is 1. The molecule has 1 amide bonds. The van der Waals surface area contributed by atoms with Crippen molar-refractivity contribution in [1.29, 1.82) is 0 Å². The van der Waals surface area contributed by atoms with Crippen molar-refractivity contribution in [3.05, 3.63) is 71.8 Å². The lowest BCUT2D eigenvalue weighted by Crippen LogP contribution is -2.58. The molecule has 0 bridgehead atoms. The fraction of sp³-hybridized carbons (Fsp3) is 0.519. The van der Waals surface area contributed by atoms with Gasteiger partial charge in [0.15, 0.2) is 0 Å². The Morgan fingerprint density at radius 3 is 2.22 bits per heavy atom. The summed E-state index contributed by atoms with van der Waals surface area (Å²) in [7, 11) is 4.65. The van der Waals surface area contributed by atoms with E-state index in [1.807, 2.05) is 35.2 Å². The van der Waals surface area contributed by atoms with Gasteiger partial charge >= 0.3 is 0 Å². The van der Waals surface area contributed by atoms with Gasteiger partial charge in [-0.05, 0) is 29.6 Å². The molecule has 1 atom stereocenters. The molecule has 1 fully saturated rings. The largest absolute Gasteiger partial charge is 0.395 e. The van der Waals surface area contributed by atoms with Crippen molar-refractivity contribution in [3.63, 3.8) is 0 Å². The van der Waals surface area contributed by atoms with Gasteiger partial charge in [0.05, 0.1) is 38.7 Å². The summed E-state index contributed by atoms with van der Waals surface area (Å²) >= 11 is 1.73. The average molecular weight is 456 g/mol. The Morgan fingerprint density at radius 1 is 1.06 bits per heavy atom. The normalized spacial score (nSPS) is 17.2. The first kappa shape index (κ1) is 24.8. The van der Waals surface area contributed by atoms with Crippen molar-refractivity contribution in [3.8, 4) is 0 Å². The maximum atomic E-state index is 13.8. The fourth-order valence-corrected chi connectivity index (χ4v) is 5.51. The predicted octanol–water partition coefficient (Wildman–Crippen LogP) is 3.98. The molecule has 0 aliphatic carbocycles. The molecule has 1 unspecified atom stereocenters. The maximum absolute atomic E-state index is 13.8. The van der Waals surface area contributed by atoms with Crippen molar-refractivity contribution in [2.45, 2.75) is 37.1 Å². The lowest BCUT2D eigenvalue weighted by molar-refractivity contribution is -0.916. The number of carbonyl (C=O) groups is 1. The molecule has 0 aromatic heterocycles. The van der Waals surface area contributed by atoms with E-state index in [1.165, 1.54) is 5.56 Å². The molecule has 174 valence electrons. The van der Waals surface area contributed by atoms with Crippen LogP contribution in [0.4, 0.5) is 0 Å². The molecular formula is C27H39N2O2S+. The second kappa shape index (κ2) is 11.4. The number of hydrogen-bond donors (Lipinski definition) is 1. The molecule has 0 saturated carbocycles. The van der Waals surface area contributed by atoms with Crippen LogP contribution in [0.25, 0.3) is 0 Å². The number of carbonyl (C=O) groups excluding carboxylic acids is 1. The molecule has 1 N–H and O–H groups in total. The standard InChI is InChI=1S/C27H39N2O2S/c1-29(2,20-16-23-10-6-4-7-11-23)25-14-18-28(19-15-25)26(31)27(22-30,17-21-32-3)24-12-8-5-9-13-24/h4-13,25,30H,14-22H2,1-3H3/q+1. The van der Waals surface area contributed by atoms with Crippen molar-refractivity contribution < 1.29 is 14.4 Å². The summed E-state index contributed by atoms with van der Waals surface area (Å²) in [6, 6.07) is 21.1. The lowest BCUT2D eigenvalue weighted by Gasteiger charge is -2.45. The number of rotatable bonds is 10. The van der Waals surface area contributed by atoms with Crippen molar-refractivity contribution in [2.24, 2.45) is 0 Å². The Kier molecular flexibility index (Phi) is 8.80. The van der Waals surface area contributed by atoms with Gasteiger partial charge in [0.1, 0.15) is 0 Å². The number of benzene rings is 2. The summed E-state index contributed by atoms with van der Waals surface area (Å²) in [5.74, 6) is 0.939. The van der Waals surface area contributed by atoms with Crippen LogP contribution in [-0.2, 0) is 16.6 Å². The molecule has 2 aromatic carbocycles. The Hall–Kier alpha value is -1.82. The van der Waals surface area contributed by atoms with Crippen LogP contribution in [0, 0.1) is 0 Å². The highest BCUT2D eigenvalue weighted by molar-refractivity contribution is 7.98. The summed E-state index contributed by atoms with van der Waals surface area (Å²) in [4.78, 5) is 15.8. The third-order valence-corrected chi connectivity index (χ3v) is 7.91. The molecule has 1 aliphatic rings. The first-order valence-corrected chi connectivity index (χ1v) is 13.1. The highest BCUT2D eigenvalue weighted by Crippen LogP contribution is 2.33. The molecular weight excluding hydrogens is 416 g/mol. The van der Waals surface area contributed by atoms with E-state index in [0.717, 1.165) is 54.7 Å². The van der Waals surface area contributed by atoms with Crippen LogP contribution < -0.4 is 0 Å². The Labute approximate surface area is 198 Å². The number of amides is 1. The smallest absolute Gasteiger partial charge is 0.235 e. The van der Waals surface area contributed by atoms with Gasteiger partial charge in [0, 0.05) is 32.4 Å². The van der Waals surface area contributed by atoms with Crippen molar-refractivity contribution >= 4 is 17.7 Å². The van der Waals surface area contributed by atoms with Crippen LogP contribution in [0.2, 0.25) is 0 Å². The number of hydrogen-bond acceptors (Lipinski definition) is 3. The van der Waals surface area contributed by atoms with E-state index in [2.05, 4.69) is 50.7 Å². The number of nitrogens with zero attached hydrogens (tertiary/aromatic N) is 2. The highest BCUT2D eigenvalue weighted by Gasteiger charge is 2.44. The Morgan fingerprint density at radius 2 is 1.66 bits per heavy atom. The van der Waals surface area contributed by atoms with Crippen LogP contribution in [0.5, 0.6) is 0 Å². The topological polar surface area (TPSA) is 40.5 Å². The van der Waals surface area contributed by atoms with Crippen LogP contribution >= 0.6 is 11.8 Å². The van der Waals surface area contributed by atoms with Gasteiger partial charge in [-0.3, -0.25) is 4.79 Å². The minimum atomic E-state index is -0.839. The second-order valence-electron chi connectivity index (χ2n) is 9.61. The molecule has 5 heteroatoms. The first-order chi connectivity index (χ1) is 15.4. The van der Waals surface area contributed by atoms with E-state index in [0.29, 0.717) is 12.5 Å². The number of likely N-dealkylation sites (tertiary alicyclic amines) is 1. The zero-order valence-electron chi connectivity index (χ0n) is 19.9. The molecule has 1 aliphatic heterocycles. The summed E-state index contributed by atoms with van der Waals surface area (Å²) in [6.07, 6.45) is 5.80. The van der Waals surface area contributed by atoms with Gasteiger partial charge < -0.3 is 14.5 Å². The van der Waals surface area contributed by atoms with Gasteiger partial charge in [-0.25, -0.2) is 0 Å². The van der Waals surface area contributed by atoms with Crippen LogP contribution in [0.15, 0.2) is 60.7 Å². The Bertz CT molecular complexity index is 835. The van der Waals surface area contributed by atoms with Gasteiger partial charge in [-0.1, -0.05) is 60.7 Å². The quantitative estimate of drug-likeness (QED) is 0.551. The maximum Gasteiger partial charge on any atom is 0.235 e. The fourth-order valence-electron chi connectivity index (χ4n) is 4.96. The molecule has 1 heterocycles. The second-order valence-corrected chi connectivity index (χ2v) is 10.6. The van der Waals surface area contributed by atoms with Gasteiger partial charge in [0.2, 0.25) is 5.91 Å². The predicted molar refractivity (Wildman–Crippen MR) is 135 cm³/mol.